The number of non-ortho nitro benzene ring substituents is 1. The molecule has 0 aromatic heterocycles. The zero-order chi connectivity index (χ0) is 16.8. The van der Waals surface area contributed by atoms with E-state index in [1.54, 1.807) is 24.3 Å². The Labute approximate surface area is 136 Å². The minimum atomic E-state index is -0.538. The molecule has 0 aliphatic heterocycles. The van der Waals surface area contributed by atoms with Gasteiger partial charge in [-0.05, 0) is 30.3 Å². The van der Waals surface area contributed by atoms with Gasteiger partial charge in [-0.1, -0.05) is 11.6 Å². The van der Waals surface area contributed by atoms with Crippen molar-refractivity contribution >= 4 is 29.4 Å². The summed E-state index contributed by atoms with van der Waals surface area (Å²) in [5, 5.41) is 14.8. The number of amides is 1. The van der Waals surface area contributed by atoms with Gasteiger partial charge in [0.05, 0.1) is 18.2 Å². The summed E-state index contributed by atoms with van der Waals surface area (Å²) in [4.78, 5) is 22.1. The average Bonchev–Trinajstić information content (AvgIpc) is 2.56. The van der Waals surface area contributed by atoms with Crippen LogP contribution >= 0.6 is 11.6 Å². The predicted molar refractivity (Wildman–Crippen MR) is 86.2 cm³/mol. The van der Waals surface area contributed by atoms with E-state index in [4.69, 9.17) is 16.3 Å². The molecule has 2 aromatic carbocycles. The number of nitro benzene ring substituents is 1. The minimum absolute atomic E-state index is 0.114. The number of nitrogens with one attached hydrogen (secondary N) is 1. The van der Waals surface area contributed by atoms with Gasteiger partial charge < -0.3 is 4.74 Å². The fourth-order valence-corrected chi connectivity index (χ4v) is 1.88. The molecule has 0 saturated heterocycles. The topological polar surface area (TPSA) is 93.8 Å². The third-order valence-electron chi connectivity index (χ3n) is 2.91. The van der Waals surface area contributed by atoms with Crippen LogP contribution in [0.2, 0.25) is 5.02 Å². The number of nitrogens with zero attached hydrogens (tertiary/aromatic N) is 2. The maximum Gasteiger partial charge on any atom is 0.271 e. The molecule has 0 aliphatic rings. The van der Waals surface area contributed by atoms with Gasteiger partial charge in [0.25, 0.3) is 11.6 Å². The number of hydrogen-bond donors (Lipinski definition) is 1. The Morgan fingerprint density at radius 2 is 2.00 bits per heavy atom. The van der Waals surface area contributed by atoms with Gasteiger partial charge in [-0.25, -0.2) is 5.43 Å². The molecule has 0 aliphatic carbocycles. The van der Waals surface area contributed by atoms with Crippen LogP contribution in [0.3, 0.4) is 0 Å². The van der Waals surface area contributed by atoms with Gasteiger partial charge in [0.15, 0.2) is 0 Å². The largest absolute Gasteiger partial charge is 0.497 e. The summed E-state index contributed by atoms with van der Waals surface area (Å²) >= 11 is 5.93. The number of benzene rings is 2. The van der Waals surface area contributed by atoms with Crippen LogP contribution in [0, 0.1) is 10.1 Å². The normalized spacial score (nSPS) is 10.5. The second kappa shape index (κ2) is 7.37. The second-order valence-corrected chi connectivity index (χ2v) is 4.80. The Bertz CT molecular complexity index is 760. The Hall–Kier alpha value is -2.93. The third kappa shape index (κ3) is 4.27. The van der Waals surface area contributed by atoms with Crippen molar-refractivity contribution in [1.29, 1.82) is 0 Å². The molecule has 1 N–H and O–H groups in total. The lowest BCUT2D eigenvalue weighted by Gasteiger charge is -2.02. The first-order valence-electron chi connectivity index (χ1n) is 6.42. The first-order valence-corrected chi connectivity index (χ1v) is 6.80. The highest BCUT2D eigenvalue weighted by atomic mass is 35.5. The van der Waals surface area contributed by atoms with E-state index in [2.05, 4.69) is 10.5 Å². The summed E-state index contributed by atoms with van der Waals surface area (Å²) in [7, 11) is 1.53. The summed E-state index contributed by atoms with van der Waals surface area (Å²) in [6.45, 7) is 0. The van der Waals surface area contributed by atoms with Crippen LogP contribution in [0.15, 0.2) is 47.6 Å². The van der Waals surface area contributed by atoms with Crippen molar-refractivity contribution in [2.45, 2.75) is 0 Å². The number of carbonyl (C=O) groups excluding carboxylic acids is 1. The fourth-order valence-electron chi connectivity index (χ4n) is 1.71. The summed E-state index contributed by atoms with van der Waals surface area (Å²) in [5.41, 5.74) is 2.93. The Kier molecular flexibility index (Phi) is 5.27. The molecule has 7 nitrogen and oxygen atoms in total. The van der Waals surface area contributed by atoms with Crippen molar-refractivity contribution in [2.75, 3.05) is 7.11 Å². The van der Waals surface area contributed by atoms with Crippen molar-refractivity contribution in [3.63, 3.8) is 0 Å². The number of ether oxygens (including phenoxy) is 1. The molecule has 0 bridgehead atoms. The maximum absolute atomic E-state index is 11.9. The van der Waals surface area contributed by atoms with Crippen molar-refractivity contribution in [3.8, 4) is 5.75 Å². The van der Waals surface area contributed by atoms with Crippen LogP contribution in [-0.2, 0) is 0 Å². The lowest BCUT2D eigenvalue weighted by molar-refractivity contribution is -0.384. The van der Waals surface area contributed by atoms with Gasteiger partial charge in [-0.3, -0.25) is 14.9 Å². The molecular weight excluding hydrogens is 322 g/mol. The number of hydrazone groups is 1. The van der Waals surface area contributed by atoms with E-state index in [0.717, 1.165) is 0 Å². The number of carbonyl (C=O) groups is 1. The van der Waals surface area contributed by atoms with E-state index in [1.165, 1.54) is 31.5 Å². The summed E-state index contributed by atoms with van der Waals surface area (Å²) < 4.78 is 5.00. The fraction of sp³-hybridized carbons (Fsp3) is 0.0667. The maximum atomic E-state index is 11.9. The number of methoxy groups -OCH3 is 1. The molecule has 2 aromatic rings. The molecule has 0 heterocycles. The lowest BCUT2D eigenvalue weighted by Crippen LogP contribution is -2.17. The highest BCUT2D eigenvalue weighted by molar-refractivity contribution is 6.33. The quantitative estimate of drug-likeness (QED) is 0.517. The number of hydrogen-bond acceptors (Lipinski definition) is 5. The standard InChI is InChI=1S/C15H12ClN3O4/c1-23-13-5-2-10(3-6-13)15(20)18-17-9-11-8-12(19(21)22)4-7-14(11)16/h2-9H,1H3,(H,18,20). The number of rotatable bonds is 5. The van der Waals surface area contributed by atoms with Crippen molar-refractivity contribution in [1.82, 2.24) is 5.43 Å². The molecule has 0 radical (unpaired) electrons. The summed E-state index contributed by atoms with van der Waals surface area (Å²) in [6, 6.07) is 10.4. The Balaban J connectivity index is 2.07. The van der Waals surface area contributed by atoms with Crippen LogP contribution in [0.25, 0.3) is 0 Å². The molecule has 8 heteroatoms. The van der Waals surface area contributed by atoms with Crippen LogP contribution in [0.1, 0.15) is 15.9 Å². The van der Waals surface area contributed by atoms with Crippen LogP contribution in [0.4, 0.5) is 5.69 Å². The van der Waals surface area contributed by atoms with E-state index in [1.807, 2.05) is 0 Å². The van der Waals surface area contributed by atoms with E-state index in [9.17, 15) is 14.9 Å². The summed E-state index contributed by atoms with van der Waals surface area (Å²) in [5.74, 6) is 0.207. The van der Waals surface area contributed by atoms with E-state index in [0.29, 0.717) is 16.9 Å². The highest BCUT2D eigenvalue weighted by Crippen LogP contribution is 2.20. The molecule has 0 fully saturated rings. The van der Waals surface area contributed by atoms with Gasteiger partial charge in [-0.15, -0.1) is 0 Å². The monoisotopic (exact) mass is 333 g/mol. The lowest BCUT2D eigenvalue weighted by atomic mass is 10.2. The molecule has 0 spiro atoms. The van der Waals surface area contributed by atoms with Crippen molar-refractivity contribution in [3.05, 3.63) is 68.7 Å². The molecule has 1 amide bonds. The van der Waals surface area contributed by atoms with Crippen LogP contribution in [-0.4, -0.2) is 24.2 Å². The van der Waals surface area contributed by atoms with E-state index >= 15 is 0 Å². The smallest absolute Gasteiger partial charge is 0.271 e. The van der Waals surface area contributed by atoms with Crippen molar-refractivity contribution in [2.24, 2.45) is 5.10 Å². The van der Waals surface area contributed by atoms with Crippen LogP contribution < -0.4 is 10.2 Å². The molecule has 0 unspecified atom stereocenters. The first kappa shape index (κ1) is 16.4. The average molecular weight is 334 g/mol. The van der Waals surface area contributed by atoms with Crippen molar-refractivity contribution < 1.29 is 14.5 Å². The predicted octanol–water partition coefficient (Wildman–Crippen LogP) is 3.02. The molecular formula is C15H12ClN3O4. The van der Waals surface area contributed by atoms with Crippen LogP contribution in [0.5, 0.6) is 5.75 Å². The molecule has 0 saturated carbocycles. The Morgan fingerprint density at radius 1 is 1.30 bits per heavy atom. The second-order valence-electron chi connectivity index (χ2n) is 4.39. The Morgan fingerprint density at radius 3 is 2.61 bits per heavy atom. The molecule has 0 atom stereocenters. The van der Waals surface area contributed by atoms with Gasteiger partial charge in [-0.2, -0.15) is 5.10 Å². The molecule has 2 rings (SSSR count). The highest BCUT2D eigenvalue weighted by Gasteiger charge is 2.08. The first-order chi connectivity index (χ1) is 11.0. The number of nitro groups is 1. The minimum Gasteiger partial charge on any atom is -0.497 e. The SMILES string of the molecule is COc1ccc(C(=O)NN=Cc2cc([N+](=O)[O-])ccc2Cl)cc1. The molecule has 23 heavy (non-hydrogen) atoms. The molecule has 118 valence electrons. The third-order valence-corrected chi connectivity index (χ3v) is 3.26. The zero-order valence-electron chi connectivity index (χ0n) is 12.0. The van der Waals surface area contributed by atoms with Gasteiger partial charge in [0.1, 0.15) is 5.75 Å². The number of halogens is 1. The zero-order valence-corrected chi connectivity index (χ0v) is 12.8. The van der Waals surface area contributed by atoms with Gasteiger partial charge in [0.2, 0.25) is 0 Å². The van der Waals surface area contributed by atoms with E-state index in [-0.39, 0.29) is 10.7 Å². The van der Waals surface area contributed by atoms with E-state index < -0.39 is 10.8 Å². The van der Waals surface area contributed by atoms with Gasteiger partial charge in [0, 0.05) is 28.3 Å². The summed E-state index contributed by atoms with van der Waals surface area (Å²) in [6.07, 6.45) is 1.25. The van der Waals surface area contributed by atoms with Gasteiger partial charge >= 0.3 is 0 Å².